The molecule has 1 aliphatic rings. The van der Waals surface area contributed by atoms with E-state index < -0.39 is 11.7 Å². The first-order valence-corrected chi connectivity index (χ1v) is 16.6. The van der Waals surface area contributed by atoms with Gasteiger partial charge in [-0.1, -0.05) is 102 Å². The van der Waals surface area contributed by atoms with Crippen LogP contribution in [-0.2, 0) is 39.9 Å². The average Bonchev–Trinajstić information content (AvgIpc) is 3.73. The predicted octanol–water partition coefficient (Wildman–Crippen LogP) is 10.2. The van der Waals surface area contributed by atoms with Crippen molar-refractivity contribution in [2.45, 2.75) is 30.1 Å². The third-order valence-corrected chi connectivity index (χ3v) is 9.51. The minimum atomic E-state index is -4.46. The first-order valence-electron chi connectivity index (χ1n) is 16.2. The van der Waals surface area contributed by atoms with Crippen LogP contribution in [0.3, 0.4) is 0 Å². The second kappa shape index (κ2) is 13.9. The summed E-state index contributed by atoms with van der Waals surface area (Å²) < 4.78 is 42.6. The summed E-state index contributed by atoms with van der Waals surface area (Å²) in [5.74, 6) is 1.30. The number of alkyl halides is 3. The Morgan fingerprint density at radius 1 is 0.706 bits per heavy atom. The molecule has 6 aromatic carbocycles. The maximum atomic E-state index is 13.6. The number of aliphatic imine (C=N–C) groups is 1. The third-order valence-electron chi connectivity index (χ3n) is 9.07. The van der Waals surface area contributed by atoms with Crippen LogP contribution in [0.5, 0.6) is 0 Å². The summed E-state index contributed by atoms with van der Waals surface area (Å²) in [7, 11) is 0. The van der Waals surface area contributed by atoms with Gasteiger partial charge in [-0.3, -0.25) is 9.56 Å². The van der Waals surface area contributed by atoms with E-state index in [0.717, 1.165) is 56.9 Å². The smallest absolute Gasteiger partial charge is 0.778 e. The Labute approximate surface area is 313 Å². The molecule has 1 aromatic heterocycles. The van der Waals surface area contributed by atoms with Gasteiger partial charge in [-0.05, 0) is 59.5 Å². The van der Waals surface area contributed by atoms with Crippen LogP contribution in [-0.4, -0.2) is 21.4 Å². The minimum absolute atomic E-state index is 0. The third kappa shape index (κ3) is 6.50. The molecular weight excluding hydrogens is 845 g/mol. The SMILES string of the molecule is C[C@H]1NC(c2[c-]c(-c3cccc4c3nc(-c3cccc(-c5ccccc5)c3[S-])n4-c3ccc(C(F)(F)F)cc3)ccc2)=N[C@H]1c1ccccc1.[Pt+2]. The molecule has 9 heteroatoms. The van der Waals surface area contributed by atoms with E-state index in [1.54, 1.807) is 0 Å². The van der Waals surface area contributed by atoms with Crippen molar-refractivity contribution in [3.63, 3.8) is 0 Å². The topological polar surface area (TPSA) is 42.2 Å². The Kier molecular flexibility index (Phi) is 9.40. The van der Waals surface area contributed by atoms with Gasteiger partial charge < -0.3 is 17.9 Å². The fraction of sp³-hybridized carbons (Fsp3) is 0.0952. The molecule has 0 radical (unpaired) electrons. The molecule has 2 heterocycles. The van der Waals surface area contributed by atoms with E-state index in [9.17, 15) is 13.2 Å². The molecule has 7 aromatic rings. The Bertz CT molecular complexity index is 2370. The van der Waals surface area contributed by atoms with Crippen molar-refractivity contribution in [3.8, 4) is 39.3 Å². The summed E-state index contributed by atoms with van der Waals surface area (Å²) in [6, 6.07) is 46.5. The molecule has 8 rings (SSSR count). The molecule has 1 N–H and O–H groups in total. The molecule has 0 unspecified atom stereocenters. The van der Waals surface area contributed by atoms with Gasteiger partial charge in [0.2, 0.25) is 0 Å². The van der Waals surface area contributed by atoms with Gasteiger partial charge in [0.1, 0.15) is 5.82 Å². The Hall–Kier alpha value is -5.04. The number of imidazole rings is 1. The number of fused-ring (bicyclic) bond motifs is 1. The number of nitrogens with zero attached hydrogens (tertiary/aromatic N) is 3. The molecule has 0 spiro atoms. The van der Waals surface area contributed by atoms with Gasteiger partial charge in [0, 0.05) is 11.7 Å². The normalized spacial score (nSPS) is 15.6. The standard InChI is InChI=1S/C42H30F3N4S.Pt/c1-26-37(28-13-6-3-7-14-28)47-40(46-26)30-16-8-15-29(25-30)33-17-10-20-36-38(33)48-41(49(36)32-23-21-31(22-24-32)42(43,44)45)35-19-9-18-34(39(35)50)27-11-4-2-5-12-27;/h2-24,26,37,50H,1H3,(H,46,47);/q-1;+2/p-1/t26-,37-;/m1./s1. The number of halogens is 3. The maximum Gasteiger partial charge on any atom is 2.00 e. The Morgan fingerprint density at radius 2 is 1.33 bits per heavy atom. The van der Waals surface area contributed by atoms with E-state index in [0.29, 0.717) is 27.5 Å². The van der Waals surface area contributed by atoms with E-state index in [4.69, 9.17) is 22.6 Å². The Morgan fingerprint density at radius 3 is 2.06 bits per heavy atom. The Balaban J connectivity index is 0.00000406. The van der Waals surface area contributed by atoms with Gasteiger partial charge in [-0.2, -0.15) is 18.1 Å². The van der Waals surface area contributed by atoms with Crippen LogP contribution in [0.15, 0.2) is 149 Å². The summed E-state index contributed by atoms with van der Waals surface area (Å²) in [6.45, 7) is 2.12. The van der Waals surface area contributed by atoms with Crippen LogP contribution in [0.2, 0.25) is 0 Å². The van der Waals surface area contributed by atoms with Gasteiger partial charge in [0.15, 0.2) is 0 Å². The second-order valence-electron chi connectivity index (χ2n) is 12.3. The molecule has 0 aliphatic carbocycles. The van der Waals surface area contributed by atoms with Crippen LogP contribution in [0.1, 0.15) is 29.7 Å². The number of hydrogen-bond donors (Lipinski definition) is 1. The molecule has 0 bridgehead atoms. The van der Waals surface area contributed by atoms with Gasteiger partial charge in [-0.25, -0.2) is 4.98 Å². The minimum Gasteiger partial charge on any atom is -0.778 e. The molecule has 0 saturated carbocycles. The molecule has 0 amide bonds. The second-order valence-corrected chi connectivity index (χ2v) is 12.7. The van der Waals surface area contributed by atoms with E-state index >= 15 is 0 Å². The molecule has 51 heavy (non-hydrogen) atoms. The zero-order chi connectivity index (χ0) is 34.4. The van der Waals surface area contributed by atoms with Crippen LogP contribution in [0, 0.1) is 6.07 Å². The van der Waals surface area contributed by atoms with Gasteiger partial charge in [0.05, 0.1) is 28.5 Å². The molecule has 254 valence electrons. The molecule has 4 nitrogen and oxygen atoms in total. The number of hydrogen-bond acceptors (Lipinski definition) is 4. The fourth-order valence-electron chi connectivity index (χ4n) is 6.62. The monoisotopic (exact) mass is 873 g/mol. The summed E-state index contributed by atoms with van der Waals surface area (Å²) in [5, 5.41) is 3.54. The summed E-state index contributed by atoms with van der Waals surface area (Å²) in [5.41, 5.74) is 7.37. The number of benzene rings is 6. The van der Waals surface area contributed by atoms with Crippen molar-refractivity contribution in [1.29, 1.82) is 0 Å². The summed E-state index contributed by atoms with van der Waals surface area (Å²) in [6.07, 6.45) is -4.46. The van der Waals surface area contributed by atoms with Crippen molar-refractivity contribution in [1.82, 2.24) is 14.9 Å². The van der Waals surface area contributed by atoms with E-state index in [1.165, 1.54) is 12.1 Å². The van der Waals surface area contributed by atoms with Crippen molar-refractivity contribution in [2.75, 3.05) is 0 Å². The van der Waals surface area contributed by atoms with Crippen molar-refractivity contribution in [2.24, 2.45) is 4.99 Å². The van der Waals surface area contributed by atoms with Gasteiger partial charge >= 0.3 is 27.2 Å². The average molecular weight is 874 g/mol. The zero-order valence-electron chi connectivity index (χ0n) is 27.1. The summed E-state index contributed by atoms with van der Waals surface area (Å²) in [4.78, 5) is 10.8. The molecule has 1 aliphatic heterocycles. The molecule has 2 atom stereocenters. The quantitative estimate of drug-likeness (QED) is 0.134. The van der Waals surface area contributed by atoms with Crippen LogP contribution in [0.25, 0.3) is 50.4 Å². The van der Waals surface area contributed by atoms with Gasteiger partial charge in [0.25, 0.3) is 0 Å². The van der Waals surface area contributed by atoms with Crippen LogP contribution >= 0.6 is 0 Å². The number of aromatic nitrogens is 2. The first kappa shape index (κ1) is 34.4. The number of amidine groups is 1. The van der Waals surface area contributed by atoms with Crippen LogP contribution in [0.4, 0.5) is 13.2 Å². The number of para-hydroxylation sites is 1. The first-order chi connectivity index (χ1) is 24.3. The van der Waals surface area contributed by atoms with E-state index in [2.05, 4.69) is 30.4 Å². The van der Waals surface area contributed by atoms with E-state index in [1.807, 2.05) is 108 Å². The summed E-state index contributed by atoms with van der Waals surface area (Å²) >= 11 is 6.07. The molecule has 0 saturated heterocycles. The van der Waals surface area contributed by atoms with Crippen molar-refractivity contribution < 1.29 is 34.2 Å². The maximum absolute atomic E-state index is 13.6. The molecule has 0 fully saturated rings. The fourth-order valence-corrected chi connectivity index (χ4v) is 6.97. The van der Waals surface area contributed by atoms with Crippen molar-refractivity contribution >= 4 is 29.5 Å². The van der Waals surface area contributed by atoms with Gasteiger partial charge in [-0.15, -0.1) is 29.8 Å². The largest absolute Gasteiger partial charge is 2.00 e. The number of rotatable bonds is 6. The number of nitrogens with one attached hydrogen (secondary N) is 1. The zero-order valence-corrected chi connectivity index (χ0v) is 30.2. The van der Waals surface area contributed by atoms with Crippen LogP contribution < -0.4 is 5.32 Å². The van der Waals surface area contributed by atoms with E-state index in [-0.39, 0.29) is 33.1 Å². The molecular formula is C42H29F3N4PtS. The predicted molar refractivity (Wildman–Crippen MR) is 195 cm³/mol. The van der Waals surface area contributed by atoms with Crippen molar-refractivity contribution in [3.05, 3.63) is 162 Å².